The fourth-order valence-corrected chi connectivity index (χ4v) is 0.357. The van der Waals surface area contributed by atoms with Gasteiger partial charge in [0, 0.05) is 0 Å². The highest BCUT2D eigenvalue weighted by Gasteiger charge is 2.15. The largest absolute Gasteiger partial charge is 0.311 e. The van der Waals surface area contributed by atoms with Gasteiger partial charge in [0.25, 0.3) is 5.91 Å². The first-order chi connectivity index (χ1) is 4.59. The first-order valence-electron chi connectivity index (χ1n) is 2.65. The van der Waals surface area contributed by atoms with Crippen LogP contribution in [0, 0.1) is 10.1 Å². The second-order valence-electron chi connectivity index (χ2n) is 1.69. The number of carbonyl (C=O) groups is 1. The smallest absolute Gasteiger partial charge is 0.296 e. The lowest BCUT2D eigenvalue weighted by Gasteiger charge is -2.04. The zero-order chi connectivity index (χ0) is 8.15. The van der Waals surface area contributed by atoms with Gasteiger partial charge in [0.2, 0.25) is 0 Å². The lowest BCUT2D eigenvalue weighted by atomic mass is 10.6. The zero-order valence-electron chi connectivity index (χ0n) is 5.83. The van der Waals surface area contributed by atoms with E-state index in [9.17, 15) is 14.9 Å². The summed E-state index contributed by atoms with van der Waals surface area (Å²) in [5.41, 5.74) is 0. The molecule has 0 rings (SSSR count). The van der Waals surface area contributed by atoms with E-state index in [-0.39, 0.29) is 6.54 Å². The Kier molecular flexibility index (Phi) is 3.34. The van der Waals surface area contributed by atoms with Gasteiger partial charge in [-0.15, -0.1) is 0 Å². The van der Waals surface area contributed by atoms with Gasteiger partial charge in [-0.25, -0.2) is 10.1 Å². The van der Waals surface area contributed by atoms with Gasteiger partial charge in [-0.2, -0.15) is 0 Å². The fraction of sp³-hybridized carbons (Fsp3) is 0.750. The molecule has 0 aliphatic rings. The lowest BCUT2D eigenvalue weighted by molar-refractivity contribution is -0.628. The van der Waals surface area contributed by atoms with Crippen LogP contribution in [0.1, 0.15) is 0 Å². The molecule has 0 radical (unpaired) electrons. The van der Waals surface area contributed by atoms with E-state index in [4.69, 9.17) is 0 Å². The number of likely N-dealkylation sites (N-methyl/N-ethyl adjacent to an activating group) is 2. The van der Waals surface area contributed by atoms with E-state index < -0.39 is 10.9 Å². The standard InChI is InChI=1S/C4H9N3O3/c1-5-3-4(8)6(2)7(9)10/h5H,3H2,1-2H3. The van der Waals surface area contributed by atoms with Crippen molar-refractivity contribution >= 4 is 5.91 Å². The summed E-state index contributed by atoms with van der Waals surface area (Å²) in [6.07, 6.45) is 0. The van der Waals surface area contributed by atoms with Crippen LogP contribution in [0.4, 0.5) is 0 Å². The molecule has 0 aromatic heterocycles. The van der Waals surface area contributed by atoms with Gasteiger partial charge < -0.3 is 5.32 Å². The molecule has 10 heavy (non-hydrogen) atoms. The van der Waals surface area contributed by atoms with E-state index >= 15 is 0 Å². The maximum absolute atomic E-state index is 10.6. The molecule has 0 spiro atoms. The molecule has 6 nitrogen and oxygen atoms in total. The van der Waals surface area contributed by atoms with Crippen LogP contribution in [0.15, 0.2) is 0 Å². The van der Waals surface area contributed by atoms with E-state index in [1.54, 1.807) is 7.05 Å². The molecule has 0 heterocycles. The maximum atomic E-state index is 10.6. The SMILES string of the molecule is CNCC(=O)N(C)[N+](=O)[O-]. The molecule has 0 atom stereocenters. The number of nitrogens with one attached hydrogen (secondary N) is 1. The first kappa shape index (κ1) is 8.83. The van der Waals surface area contributed by atoms with Gasteiger partial charge in [-0.1, -0.05) is 5.01 Å². The van der Waals surface area contributed by atoms with Gasteiger partial charge in [0.1, 0.15) is 0 Å². The van der Waals surface area contributed by atoms with Crippen molar-refractivity contribution in [3.8, 4) is 0 Å². The molecule has 1 amide bonds. The Balaban J connectivity index is 3.82. The van der Waals surface area contributed by atoms with Gasteiger partial charge in [-0.05, 0) is 7.05 Å². The van der Waals surface area contributed by atoms with Gasteiger partial charge >= 0.3 is 0 Å². The minimum absolute atomic E-state index is 0.0164. The summed E-state index contributed by atoms with van der Waals surface area (Å²) in [4.78, 5) is 20.5. The monoisotopic (exact) mass is 147 g/mol. The maximum Gasteiger partial charge on any atom is 0.296 e. The highest BCUT2D eigenvalue weighted by molar-refractivity contribution is 5.76. The van der Waals surface area contributed by atoms with E-state index in [2.05, 4.69) is 5.32 Å². The average Bonchev–Trinajstić information content (AvgIpc) is 1.87. The Morgan fingerprint density at radius 1 is 1.80 bits per heavy atom. The van der Waals surface area contributed by atoms with Crippen LogP contribution in [-0.2, 0) is 4.79 Å². The molecule has 0 aliphatic heterocycles. The molecule has 0 unspecified atom stereocenters. The number of amides is 1. The number of rotatable bonds is 3. The summed E-state index contributed by atoms with van der Waals surface area (Å²) in [6, 6.07) is 0. The molecule has 0 aliphatic carbocycles. The second kappa shape index (κ2) is 3.78. The molecule has 1 N–H and O–H groups in total. The first-order valence-corrected chi connectivity index (χ1v) is 2.65. The van der Waals surface area contributed by atoms with Crippen LogP contribution >= 0.6 is 0 Å². The predicted octanol–water partition coefficient (Wildman–Crippen LogP) is -1.14. The second-order valence-corrected chi connectivity index (χ2v) is 1.69. The number of nitrogens with zero attached hydrogens (tertiary/aromatic N) is 2. The van der Waals surface area contributed by atoms with Crippen molar-refractivity contribution < 1.29 is 9.83 Å². The molecule has 0 aromatic carbocycles. The predicted molar refractivity (Wildman–Crippen MR) is 33.7 cm³/mol. The van der Waals surface area contributed by atoms with Crippen molar-refractivity contribution in [2.45, 2.75) is 0 Å². The van der Waals surface area contributed by atoms with Crippen molar-refractivity contribution in [1.82, 2.24) is 10.3 Å². The topological polar surface area (TPSA) is 75.5 Å². The van der Waals surface area contributed by atoms with Crippen molar-refractivity contribution in [2.24, 2.45) is 0 Å². The fourth-order valence-electron chi connectivity index (χ4n) is 0.357. The quantitative estimate of drug-likeness (QED) is 0.404. The summed E-state index contributed by atoms with van der Waals surface area (Å²) in [5, 5.41) is 12.1. The van der Waals surface area contributed by atoms with Crippen molar-refractivity contribution in [2.75, 3.05) is 20.6 Å². The van der Waals surface area contributed by atoms with Crippen LogP contribution in [0.25, 0.3) is 0 Å². The Morgan fingerprint density at radius 2 is 2.30 bits per heavy atom. The summed E-state index contributed by atoms with van der Waals surface area (Å²) in [5.74, 6) is -0.562. The molecule has 0 fully saturated rings. The van der Waals surface area contributed by atoms with Crippen LogP contribution in [0.3, 0.4) is 0 Å². The minimum atomic E-state index is -0.764. The van der Waals surface area contributed by atoms with Crippen molar-refractivity contribution in [1.29, 1.82) is 0 Å². The third-order valence-corrected chi connectivity index (χ3v) is 0.934. The third-order valence-electron chi connectivity index (χ3n) is 0.934. The van der Waals surface area contributed by atoms with Crippen LogP contribution in [0.5, 0.6) is 0 Å². The number of nitro groups is 1. The van der Waals surface area contributed by atoms with E-state index in [0.717, 1.165) is 7.05 Å². The summed E-state index contributed by atoms with van der Waals surface area (Å²) >= 11 is 0. The van der Waals surface area contributed by atoms with Crippen LogP contribution in [0.2, 0.25) is 0 Å². The minimum Gasteiger partial charge on any atom is -0.311 e. The molecule has 6 heteroatoms. The lowest BCUT2D eigenvalue weighted by Crippen LogP contribution is -2.37. The number of carbonyl (C=O) groups excluding carboxylic acids is 1. The molecule has 0 saturated heterocycles. The Labute approximate surface area is 57.9 Å². The van der Waals surface area contributed by atoms with E-state index in [1.165, 1.54) is 0 Å². The highest BCUT2D eigenvalue weighted by Crippen LogP contribution is 1.81. The average molecular weight is 147 g/mol. The molecule has 0 saturated carbocycles. The van der Waals surface area contributed by atoms with E-state index in [0.29, 0.717) is 5.01 Å². The Hall–Kier alpha value is -1.17. The zero-order valence-corrected chi connectivity index (χ0v) is 5.83. The van der Waals surface area contributed by atoms with Crippen molar-refractivity contribution in [3.63, 3.8) is 0 Å². The number of hydrogen-bond donors (Lipinski definition) is 1. The summed E-state index contributed by atoms with van der Waals surface area (Å²) in [6.45, 7) is -0.0164. The molecule has 0 aromatic rings. The Bertz CT molecular complexity index is 147. The van der Waals surface area contributed by atoms with Gasteiger partial charge in [0.15, 0.2) is 5.03 Å². The summed E-state index contributed by atoms with van der Waals surface area (Å²) < 4.78 is 0. The Morgan fingerprint density at radius 3 is 2.60 bits per heavy atom. The highest BCUT2D eigenvalue weighted by atomic mass is 16.7. The third kappa shape index (κ3) is 2.40. The van der Waals surface area contributed by atoms with E-state index in [1.807, 2.05) is 0 Å². The summed E-state index contributed by atoms with van der Waals surface area (Å²) in [7, 11) is 2.66. The molecular weight excluding hydrogens is 138 g/mol. The molecular formula is C4H9N3O3. The molecule has 0 bridgehead atoms. The molecule has 58 valence electrons. The number of hydrogen-bond acceptors (Lipinski definition) is 4. The van der Waals surface area contributed by atoms with Gasteiger partial charge in [0.05, 0.1) is 13.6 Å². The van der Waals surface area contributed by atoms with Gasteiger partial charge in [-0.3, -0.25) is 4.79 Å². The van der Waals surface area contributed by atoms with Crippen molar-refractivity contribution in [3.05, 3.63) is 10.1 Å². The van der Waals surface area contributed by atoms with Crippen LogP contribution in [-0.4, -0.2) is 36.6 Å². The van der Waals surface area contributed by atoms with Crippen LogP contribution < -0.4 is 5.32 Å². The number of hydrazine groups is 1. The normalized spacial score (nSPS) is 9.00.